The summed E-state index contributed by atoms with van der Waals surface area (Å²) >= 11 is 0. The van der Waals surface area contributed by atoms with Crippen molar-refractivity contribution >= 4 is 0 Å². The minimum absolute atomic E-state index is 0.565. The van der Waals surface area contributed by atoms with Gasteiger partial charge in [0.1, 0.15) is 0 Å². The summed E-state index contributed by atoms with van der Waals surface area (Å²) in [6.07, 6.45) is 0.169. The van der Waals surface area contributed by atoms with Crippen LogP contribution in [-0.4, -0.2) is 0 Å². The molecule has 0 atom stereocenters. The van der Waals surface area contributed by atoms with Crippen molar-refractivity contribution in [3.05, 3.63) is 41.3 Å². The third kappa shape index (κ3) is 2.33. The summed E-state index contributed by atoms with van der Waals surface area (Å²) in [5.41, 5.74) is 0.408. The summed E-state index contributed by atoms with van der Waals surface area (Å²) in [7, 11) is 0. The van der Waals surface area contributed by atoms with Crippen LogP contribution in [-0.2, 0) is 6.18 Å². The van der Waals surface area contributed by atoms with E-state index in [-0.39, 0.29) is 0 Å². The topological polar surface area (TPSA) is 0 Å². The first-order chi connectivity index (χ1) is 7.07. The minimum atomic E-state index is -4.22. The van der Waals surface area contributed by atoms with E-state index in [1.807, 2.05) is 0 Å². The van der Waals surface area contributed by atoms with Gasteiger partial charge in [-0.1, -0.05) is 25.0 Å². The first-order valence-corrected chi connectivity index (χ1v) is 5.10. The molecular weight excluding hydrogens is 201 g/mol. The van der Waals surface area contributed by atoms with Crippen molar-refractivity contribution in [2.75, 3.05) is 0 Å². The molecule has 0 heterocycles. The fourth-order valence-corrected chi connectivity index (χ4v) is 1.99. The second kappa shape index (κ2) is 3.87. The maximum absolute atomic E-state index is 12.3. The minimum Gasteiger partial charge on any atom is -0.166 e. The molecule has 1 radical (unpaired) electrons. The van der Waals surface area contributed by atoms with Crippen molar-refractivity contribution in [2.24, 2.45) is 0 Å². The van der Waals surface area contributed by atoms with Crippen LogP contribution in [0.1, 0.15) is 36.8 Å². The molecule has 0 nitrogen and oxygen atoms in total. The van der Waals surface area contributed by atoms with Crippen molar-refractivity contribution in [3.8, 4) is 0 Å². The van der Waals surface area contributed by atoms with Crippen molar-refractivity contribution in [2.45, 2.75) is 31.9 Å². The molecule has 0 bridgehead atoms. The van der Waals surface area contributed by atoms with Gasteiger partial charge in [-0.15, -0.1) is 0 Å². The van der Waals surface area contributed by atoms with Crippen LogP contribution >= 0.6 is 0 Å². The Morgan fingerprint density at radius 2 is 1.40 bits per heavy atom. The van der Waals surface area contributed by atoms with E-state index >= 15 is 0 Å². The molecule has 0 spiro atoms. The van der Waals surface area contributed by atoms with E-state index in [9.17, 15) is 13.2 Å². The largest absolute Gasteiger partial charge is 0.416 e. The number of rotatable bonds is 1. The van der Waals surface area contributed by atoms with Crippen molar-refractivity contribution < 1.29 is 13.2 Å². The quantitative estimate of drug-likeness (QED) is 0.655. The highest BCUT2D eigenvalue weighted by atomic mass is 19.4. The van der Waals surface area contributed by atoms with Crippen molar-refractivity contribution in [1.29, 1.82) is 0 Å². The average molecular weight is 213 g/mol. The van der Waals surface area contributed by atoms with Gasteiger partial charge in [0.05, 0.1) is 5.56 Å². The smallest absolute Gasteiger partial charge is 0.166 e. The van der Waals surface area contributed by atoms with E-state index in [0.29, 0.717) is 0 Å². The predicted octanol–water partition coefficient (Wildman–Crippen LogP) is 4.20. The van der Waals surface area contributed by atoms with Crippen LogP contribution in [0.5, 0.6) is 0 Å². The van der Waals surface area contributed by atoms with E-state index in [4.69, 9.17) is 0 Å². The number of benzene rings is 1. The zero-order valence-corrected chi connectivity index (χ0v) is 8.27. The Balaban J connectivity index is 2.16. The van der Waals surface area contributed by atoms with Crippen LogP contribution < -0.4 is 0 Å². The highest BCUT2D eigenvalue weighted by Gasteiger charge is 2.30. The zero-order valence-electron chi connectivity index (χ0n) is 8.27. The second-order valence-electron chi connectivity index (χ2n) is 3.89. The highest BCUT2D eigenvalue weighted by Crippen LogP contribution is 2.35. The van der Waals surface area contributed by atoms with Gasteiger partial charge in [-0.05, 0) is 30.5 Å². The summed E-state index contributed by atoms with van der Waals surface area (Å²) < 4.78 is 36.9. The molecule has 1 fully saturated rings. The Morgan fingerprint density at radius 1 is 0.867 bits per heavy atom. The molecule has 1 aliphatic rings. The van der Waals surface area contributed by atoms with Crippen molar-refractivity contribution in [1.82, 2.24) is 0 Å². The first-order valence-electron chi connectivity index (χ1n) is 5.10. The summed E-state index contributed by atoms with van der Waals surface area (Å²) in [5, 5.41) is 0. The molecule has 1 saturated carbocycles. The molecule has 0 amide bonds. The Labute approximate surface area is 87.1 Å². The van der Waals surface area contributed by atoms with Crippen LogP contribution in [0.25, 0.3) is 0 Å². The maximum atomic E-state index is 12.3. The lowest BCUT2D eigenvalue weighted by atomic mass is 9.97. The fraction of sp³-hybridized carbons (Fsp3) is 0.417. The lowest BCUT2D eigenvalue weighted by molar-refractivity contribution is -0.137. The van der Waals surface area contributed by atoms with Gasteiger partial charge in [-0.25, -0.2) is 0 Å². The van der Waals surface area contributed by atoms with Gasteiger partial charge in [0.15, 0.2) is 0 Å². The maximum Gasteiger partial charge on any atom is 0.416 e. The van der Waals surface area contributed by atoms with Gasteiger partial charge in [0.25, 0.3) is 0 Å². The lowest BCUT2D eigenvalue weighted by Crippen LogP contribution is -2.05. The number of hydrogen-bond acceptors (Lipinski definition) is 0. The number of hydrogen-bond donors (Lipinski definition) is 0. The third-order valence-corrected chi connectivity index (χ3v) is 2.83. The van der Waals surface area contributed by atoms with Gasteiger partial charge in [0, 0.05) is 5.92 Å². The highest BCUT2D eigenvalue weighted by molar-refractivity contribution is 5.35. The molecule has 1 aromatic carbocycles. The molecule has 3 heteroatoms. The SMILES string of the molecule is FC(F)(F)c1ccc([C]2CCCC2)cc1. The molecule has 1 aromatic rings. The molecule has 0 aliphatic heterocycles. The molecule has 0 N–H and O–H groups in total. The Morgan fingerprint density at radius 3 is 1.87 bits per heavy atom. The fourth-order valence-electron chi connectivity index (χ4n) is 1.99. The van der Waals surface area contributed by atoms with Crippen LogP contribution in [0.3, 0.4) is 0 Å². The molecule has 2 rings (SSSR count). The van der Waals surface area contributed by atoms with E-state index in [2.05, 4.69) is 0 Å². The summed E-state index contributed by atoms with van der Waals surface area (Å²) in [5.74, 6) is 1.30. The molecule has 1 aliphatic carbocycles. The summed E-state index contributed by atoms with van der Waals surface area (Å²) in [4.78, 5) is 0. The van der Waals surface area contributed by atoms with E-state index in [1.165, 1.54) is 18.1 Å². The molecule has 15 heavy (non-hydrogen) atoms. The Bertz CT molecular complexity index is 318. The molecule has 0 unspecified atom stereocenters. The predicted molar refractivity (Wildman–Crippen MR) is 52.3 cm³/mol. The van der Waals surface area contributed by atoms with Crippen molar-refractivity contribution in [3.63, 3.8) is 0 Å². The third-order valence-electron chi connectivity index (χ3n) is 2.83. The molecule has 0 saturated heterocycles. The summed E-state index contributed by atoms with van der Waals surface area (Å²) in [6, 6.07) is 5.51. The molecule has 0 aromatic heterocycles. The van der Waals surface area contributed by atoms with Gasteiger partial charge in [-0.2, -0.15) is 13.2 Å². The number of alkyl halides is 3. The van der Waals surface area contributed by atoms with Crippen LogP contribution in [0.2, 0.25) is 0 Å². The first kappa shape index (κ1) is 10.5. The van der Waals surface area contributed by atoms with E-state index < -0.39 is 11.7 Å². The number of halogens is 3. The normalized spacial score (nSPS) is 18.3. The van der Waals surface area contributed by atoms with Crippen LogP contribution in [0, 0.1) is 5.92 Å². The Hall–Kier alpha value is -0.990. The van der Waals surface area contributed by atoms with Gasteiger partial charge in [0.2, 0.25) is 0 Å². The van der Waals surface area contributed by atoms with E-state index in [0.717, 1.165) is 31.2 Å². The van der Waals surface area contributed by atoms with Gasteiger partial charge < -0.3 is 0 Å². The van der Waals surface area contributed by atoms with Crippen LogP contribution in [0.4, 0.5) is 13.2 Å². The standard InChI is InChI=1S/C12H12F3/c13-12(14,15)11-7-5-10(6-8-11)9-3-1-2-4-9/h5-8H,1-4H2. The van der Waals surface area contributed by atoms with E-state index in [1.54, 1.807) is 12.1 Å². The molecule has 81 valence electrons. The van der Waals surface area contributed by atoms with Crippen LogP contribution in [0.15, 0.2) is 24.3 Å². The lowest BCUT2D eigenvalue weighted by Gasteiger charge is -2.11. The molecular formula is C12H12F3. The summed E-state index contributed by atoms with van der Waals surface area (Å²) in [6.45, 7) is 0. The zero-order chi connectivity index (χ0) is 10.9. The second-order valence-corrected chi connectivity index (χ2v) is 3.89. The monoisotopic (exact) mass is 213 g/mol. The van der Waals surface area contributed by atoms with Gasteiger partial charge in [-0.3, -0.25) is 0 Å². The van der Waals surface area contributed by atoms with Gasteiger partial charge >= 0.3 is 6.18 Å². The Kier molecular flexibility index (Phi) is 2.72. The average Bonchev–Trinajstić information content (AvgIpc) is 2.69.